The van der Waals surface area contributed by atoms with Crippen molar-refractivity contribution in [2.45, 2.75) is 13.3 Å². The van der Waals surface area contributed by atoms with Gasteiger partial charge in [-0.05, 0) is 24.1 Å². The van der Waals surface area contributed by atoms with Gasteiger partial charge < -0.3 is 10.1 Å². The van der Waals surface area contributed by atoms with Gasteiger partial charge in [-0.25, -0.2) is 4.39 Å². The van der Waals surface area contributed by atoms with Crippen molar-refractivity contribution in [1.82, 2.24) is 5.32 Å². The van der Waals surface area contributed by atoms with Gasteiger partial charge in [-0.2, -0.15) is 0 Å². The summed E-state index contributed by atoms with van der Waals surface area (Å²) in [5.41, 5.74) is 1.75. The maximum absolute atomic E-state index is 12.6. The molecular weight excluding hydrogens is 231 g/mol. The highest BCUT2D eigenvalue weighted by molar-refractivity contribution is 5.79. The molecule has 0 aromatic carbocycles. The number of aliphatic imine (C=N–C) groups is 1. The van der Waals surface area contributed by atoms with Crippen LogP contribution in [0.5, 0.6) is 0 Å². The molecule has 4 heteroatoms. The highest BCUT2D eigenvalue weighted by Crippen LogP contribution is 2.11. The Morgan fingerprint density at radius 1 is 1.39 bits per heavy atom. The van der Waals surface area contributed by atoms with E-state index in [0.717, 1.165) is 17.4 Å². The van der Waals surface area contributed by atoms with Gasteiger partial charge in [0.1, 0.15) is 6.29 Å². The summed E-state index contributed by atoms with van der Waals surface area (Å²) >= 11 is 0. The number of aldehydes is 1. The quantitative estimate of drug-likeness (QED) is 0.311. The van der Waals surface area contributed by atoms with Crippen molar-refractivity contribution in [1.29, 1.82) is 0 Å². The third-order valence-electron chi connectivity index (χ3n) is 1.98. The topological polar surface area (TPSA) is 41.5 Å². The molecule has 0 aliphatic carbocycles. The molecule has 0 bridgehead atoms. The molecule has 18 heavy (non-hydrogen) atoms. The summed E-state index contributed by atoms with van der Waals surface area (Å²) in [6, 6.07) is 0. The summed E-state index contributed by atoms with van der Waals surface area (Å²) in [5.74, 6) is -0.261. The molecule has 0 saturated carbocycles. The number of rotatable bonds is 8. The van der Waals surface area contributed by atoms with Crippen molar-refractivity contribution in [3.63, 3.8) is 0 Å². The first kappa shape index (κ1) is 16.0. The van der Waals surface area contributed by atoms with E-state index < -0.39 is 0 Å². The van der Waals surface area contributed by atoms with Crippen molar-refractivity contribution < 1.29 is 9.18 Å². The van der Waals surface area contributed by atoms with Gasteiger partial charge in [-0.15, -0.1) is 0 Å². The van der Waals surface area contributed by atoms with E-state index in [0.29, 0.717) is 6.42 Å². The molecular formula is C14H19FN2O. The number of hydrogen-bond acceptors (Lipinski definition) is 3. The maximum Gasteiger partial charge on any atom is 0.139 e. The Bertz CT molecular complexity index is 389. The number of nitrogens with zero attached hydrogens (tertiary/aromatic N) is 1. The summed E-state index contributed by atoms with van der Waals surface area (Å²) < 4.78 is 12.6. The van der Waals surface area contributed by atoms with Crippen molar-refractivity contribution in [3.8, 4) is 0 Å². The van der Waals surface area contributed by atoms with Crippen LogP contribution < -0.4 is 5.32 Å². The lowest BCUT2D eigenvalue weighted by Gasteiger charge is -2.03. The highest BCUT2D eigenvalue weighted by atomic mass is 19.1. The van der Waals surface area contributed by atoms with E-state index >= 15 is 0 Å². The lowest BCUT2D eigenvalue weighted by Crippen LogP contribution is -2.09. The van der Waals surface area contributed by atoms with Crippen LogP contribution in [-0.4, -0.2) is 26.1 Å². The Labute approximate surface area is 107 Å². The zero-order valence-electron chi connectivity index (χ0n) is 10.8. The van der Waals surface area contributed by atoms with Crippen molar-refractivity contribution >= 4 is 12.5 Å². The summed E-state index contributed by atoms with van der Waals surface area (Å²) in [6.45, 7) is 5.31. The molecule has 0 aromatic rings. The predicted octanol–water partition coefficient (Wildman–Crippen LogP) is 2.74. The van der Waals surface area contributed by atoms with Crippen LogP contribution >= 0.6 is 0 Å². The van der Waals surface area contributed by atoms with Crippen LogP contribution in [0.3, 0.4) is 0 Å². The molecule has 0 aromatic heterocycles. The minimum absolute atomic E-state index is 0.248. The smallest absolute Gasteiger partial charge is 0.139 e. The zero-order valence-corrected chi connectivity index (χ0v) is 10.8. The van der Waals surface area contributed by atoms with Crippen LogP contribution in [0.1, 0.15) is 13.3 Å². The van der Waals surface area contributed by atoms with E-state index in [1.54, 1.807) is 31.6 Å². The van der Waals surface area contributed by atoms with E-state index in [-0.39, 0.29) is 12.4 Å². The van der Waals surface area contributed by atoms with Crippen molar-refractivity contribution in [2.24, 2.45) is 4.99 Å². The van der Waals surface area contributed by atoms with Gasteiger partial charge in [-0.3, -0.25) is 4.99 Å². The third-order valence-corrected chi connectivity index (χ3v) is 1.98. The fourth-order valence-electron chi connectivity index (χ4n) is 1.19. The Balaban J connectivity index is 4.78. The number of nitrogens with one attached hydrogen (secondary N) is 1. The van der Waals surface area contributed by atoms with Gasteiger partial charge in [-0.1, -0.05) is 18.7 Å². The Kier molecular flexibility index (Phi) is 9.08. The molecule has 0 amide bonds. The molecule has 0 fully saturated rings. The van der Waals surface area contributed by atoms with E-state index in [2.05, 4.69) is 16.9 Å². The second kappa shape index (κ2) is 10.2. The van der Waals surface area contributed by atoms with Crippen LogP contribution in [0.15, 0.2) is 53.0 Å². The number of carbonyl (C=O) groups is 1. The largest absolute Gasteiger partial charge is 0.384 e. The summed E-state index contributed by atoms with van der Waals surface area (Å²) in [6.07, 6.45) is 9.45. The van der Waals surface area contributed by atoms with Gasteiger partial charge in [0.25, 0.3) is 0 Å². The number of halogens is 1. The Morgan fingerprint density at radius 2 is 2.11 bits per heavy atom. The molecule has 1 N–H and O–H groups in total. The Hall–Kier alpha value is -1.97. The Morgan fingerprint density at radius 3 is 2.61 bits per heavy atom. The van der Waals surface area contributed by atoms with Crippen LogP contribution in [0.2, 0.25) is 0 Å². The molecule has 0 aliphatic heterocycles. The van der Waals surface area contributed by atoms with E-state index in [9.17, 15) is 9.18 Å². The first-order valence-electron chi connectivity index (χ1n) is 5.57. The maximum atomic E-state index is 12.6. The molecule has 0 rings (SSSR count). The van der Waals surface area contributed by atoms with E-state index in [1.807, 2.05) is 0 Å². The molecule has 0 unspecified atom stereocenters. The van der Waals surface area contributed by atoms with E-state index in [4.69, 9.17) is 0 Å². The lowest BCUT2D eigenvalue weighted by molar-refractivity contribution is -0.107. The first-order valence-corrected chi connectivity index (χ1v) is 5.57. The minimum Gasteiger partial charge on any atom is -0.384 e. The van der Waals surface area contributed by atoms with Crippen LogP contribution in [0, 0.1) is 0 Å². The number of allylic oxidation sites excluding steroid dienone is 6. The summed E-state index contributed by atoms with van der Waals surface area (Å²) in [5, 5.41) is 2.84. The average molecular weight is 250 g/mol. The zero-order chi connectivity index (χ0) is 13.8. The molecule has 3 nitrogen and oxygen atoms in total. The van der Waals surface area contributed by atoms with Gasteiger partial charge in [0.15, 0.2) is 0 Å². The monoisotopic (exact) mass is 250 g/mol. The summed E-state index contributed by atoms with van der Waals surface area (Å²) in [4.78, 5) is 14.1. The normalized spacial score (nSPS) is 13.8. The van der Waals surface area contributed by atoms with Crippen molar-refractivity contribution in [2.75, 3.05) is 13.6 Å². The molecule has 98 valence electrons. The van der Waals surface area contributed by atoms with Gasteiger partial charge >= 0.3 is 0 Å². The van der Waals surface area contributed by atoms with Gasteiger partial charge in [0.2, 0.25) is 0 Å². The highest BCUT2D eigenvalue weighted by Gasteiger charge is 1.97. The minimum atomic E-state index is -0.261. The second-order valence-corrected chi connectivity index (χ2v) is 3.56. The number of hydrogen-bond donors (Lipinski definition) is 1. The van der Waals surface area contributed by atoms with Crippen molar-refractivity contribution in [3.05, 3.63) is 48.0 Å². The molecule has 0 atom stereocenters. The fourth-order valence-corrected chi connectivity index (χ4v) is 1.19. The molecule has 0 heterocycles. The van der Waals surface area contributed by atoms with Crippen LogP contribution in [0.4, 0.5) is 4.39 Å². The number of carbonyl (C=O) groups excluding carboxylic acids is 1. The van der Waals surface area contributed by atoms with Gasteiger partial charge in [0.05, 0.1) is 12.4 Å². The average Bonchev–Trinajstić information content (AvgIpc) is 2.34. The molecule has 0 radical (unpaired) electrons. The molecule has 0 saturated heterocycles. The second-order valence-electron chi connectivity index (χ2n) is 3.56. The van der Waals surface area contributed by atoms with Gasteiger partial charge in [0, 0.05) is 25.9 Å². The van der Waals surface area contributed by atoms with E-state index in [1.165, 1.54) is 13.0 Å². The predicted molar refractivity (Wildman–Crippen MR) is 74.3 cm³/mol. The van der Waals surface area contributed by atoms with Crippen LogP contribution in [-0.2, 0) is 4.79 Å². The first-order chi connectivity index (χ1) is 8.63. The molecule has 0 spiro atoms. The fraction of sp³-hybridized carbons (Fsp3) is 0.286. The lowest BCUT2D eigenvalue weighted by atomic mass is 10.1. The standard InChI is InChI=1S/C14H19FN2O/c1-4-13(6-5-12(2)15)9-14(10-16-3)11-17-7-8-18/h4-6,8,10-11,17H,1,7,9H2,2-3H3/b12-5+,13-6+,14-11-,16-10-. The third kappa shape index (κ3) is 8.21. The molecule has 0 aliphatic rings. The summed E-state index contributed by atoms with van der Waals surface area (Å²) in [7, 11) is 1.66. The van der Waals surface area contributed by atoms with Crippen LogP contribution in [0.25, 0.3) is 0 Å². The SMILES string of the molecule is C=C/C(=C\C=C(/C)F)CC(/C=N\C)=C/NCC=O.